The third-order valence-electron chi connectivity index (χ3n) is 5.18. The van der Waals surface area contributed by atoms with Crippen LogP contribution in [-0.4, -0.2) is 38.8 Å². The molecule has 6 nitrogen and oxygen atoms in total. The lowest BCUT2D eigenvalue weighted by Gasteiger charge is -2.32. The average Bonchev–Trinajstić information content (AvgIpc) is 2.74. The summed E-state index contributed by atoms with van der Waals surface area (Å²) < 4.78 is 33.3. The number of carbonyl (C=O) groups is 1. The molecule has 1 aliphatic heterocycles. The van der Waals surface area contributed by atoms with Crippen molar-refractivity contribution in [3.63, 3.8) is 0 Å². The normalized spacial score (nSPS) is 18.8. The van der Waals surface area contributed by atoms with Crippen LogP contribution in [0.15, 0.2) is 57.9 Å². The van der Waals surface area contributed by atoms with E-state index in [0.29, 0.717) is 19.4 Å². The van der Waals surface area contributed by atoms with Gasteiger partial charge in [0.25, 0.3) is 0 Å². The monoisotopic (exact) mass is 480 g/mol. The van der Waals surface area contributed by atoms with E-state index in [-0.39, 0.29) is 29.3 Å². The van der Waals surface area contributed by atoms with E-state index in [1.54, 1.807) is 31.4 Å². The fourth-order valence-electron chi connectivity index (χ4n) is 3.44. The molecule has 29 heavy (non-hydrogen) atoms. The SMILES string of the molecule is COc1ccc([C@@H](C)NC(=O)[C@@H]2CCCN(S(=O)(=O)c3ccc(Br)cc3)C2)cc1. The summed E-state index contributed by atoms with van der Waals surface area (Å²) in [4.78, 5) is 13.0. The first kappa shape index (κ1) is 21.8. The third kappa shape index (κ3) is 5.18. The Balaban J connectivity index is 1.66. The van der Waals surface area contributed by atoms with Gasteiger partial charge in [0.1, 0.15) is 5.75 Å². The van der Waals surface area contributed by atoms with Gasteiger partial charge < -0.3 is 10.1 Å². The third-order valence-corrected chi connectivity index (χ3v) is 7.59. The number of carbonyl (C=O) groups excluding carboxylic acids is 1. The molecule has 0 unspecified atom stereocenters. The van der Waals surface area contributed by atoms with Gasteiger partial charge in [0.05, 0.1) is 24.0 Å². The van der Waals surface area contributed by atoms with Gasteiger partial charge in [-0.25, -0.2) is 8.42 Å². The summed E-state index contributed by atoms with van der Waals surface area (Å²) in [5, 5.41) is 3.02. The standard InChI is InChI=1S/C21H25BrN2O4S/c1-15(16-5-9-19(28-2)10-6-16)23-21(25)17-4-3-13-24(14-17)29(26,27)20-11-7-18(22)8-12-20/h5-12,15,17H,3-4,13-14H2,1-2H3,(H,23,25)/t15-,17-/m1/s1. The zero-order chi connectivity index (χ0) is 21.0. The summed E-state index contributed by atoms with van der Waals surface area (Å²) in [7, 11) is -2.01. The number of benzene rings is 2. The van der Waals surface area contributed by atoms with Crippen molar-refractivity contribution in [2.24, 2.45) is 5.92 Å². The average molecular weight is 481 g/mol. The summed E-state index contributed by atoms with van der Waals surface area (Å²) in [5.74, 6) is 0.270. The van der Waals surface area contributed by atoms with Gasteiger partial charge in [-0.05, 0) is 61.7 Å². The summed E-state index contributed by atoms with van der Waals surface area (Å²) in [6, 6.07) is 13.9. The number of ether oxygens (including phenoxy) is 1. The highest BCUT2D eigenvalue weighted by atomic mass is 79.9. The first-order valence-electron chi connectivity index (χ1n) is 9.51. The molecule has 2 aromatic carbocycles. The van der Waals surface area contributed by atoms with Gasteiger partial charge in [0.15, 0.2) is 0 Å². The van der Waals surface area contributed by atoms with Crippen LogP contribution in [0, 0.1) is 5.92 Å². The Morgan fingerprint density at radius 3 is 2.45 bits per heavy atom. The molecule has 1 saturated heterocycles. The molecular formula is C21H25BrN2O4S. The number of nitrogens with zero attached hydrogens (tertiary/aromatic N) is 1. The van der Waals surface area contributed by atoms with E-state index in [1.807, 2.05) is 31.2 Å². The van der Waals surface area contributed by atoms with Crippen LogP contribution in [-0.2, 0) is 14.8 Å². The predicted octanol–water partition coefficient (Wildman–Crippen LogP) is 3.74. The van der Waals surface area contributed by atoms with E-state index < -0.39 is 10.0 Å². The highest BCUT2D eigenvalue weighted by Gasteiger charge is 2.33. The Morgan fingerprint density at radius 1 is 1.17 bits per heavy atom. The van der Waals surface area contributed by atoms with Crippen molar-refractivity contribution >= 4 is 31.9 Å². The van der Waals surface area contributed by atoms with Crippen molar-refractivity contribution in [1.29, 1.82) is 0 Å². The minimum absolute atomic E-state index is 0.121. The molecule has 0 bridgehead atoms. The van der Waals surface area contributed by atoms with Gasteiger partial charge in [0.2, 0.25) is 15.9 Å². The van der Waals surface area contributed by atoms with E-state index in [9.17, 15) is 13.2 Å². The molecule has 0 radical (unpaired) electrons. The molecule has 1 N–H and O–H groups in total. The van der Waals surface area contributed by atoms with Crippen molar-refractivity contribution in [2.45, 2.75) is 30.7 Å². The van der Waals surface area contributed by atoms with Crippen LogP contribution in [0.5, 0.6) is 5.75 Å². The number of amides is 1. The zero-order valence-electron chi connectivity index (χ0n) is 16.5. The second-order valence-electron chi connectivity index (χ2n) is 7.16. The largest absolute Gasteiger partial charge is 0.497 e. The van der Waals surface area contributed by atoms with Crippen molar-refractivity contribution in [2.75, 3.05) is 20.2 Å². The highest BCUT2D eigenvalue weighted by Crippen LogP contribution is 2.26. The number of piperidine rings is 1. The van der Waals surface area contributed by atoms with E-state index in [0.717, 1.165) is 15.8 Å². The van der Waals surface area contributed by atoms with Crippen LogP contribution in [0.25, 0.3) is 0 Å². The second kappa shape index (κ2) is 9.28. The Bertz CT molecular complexity index is 946. The Labute approximate surface area is 180 Å². The molecule has 156 valence electrons. The fourth-order valence-corrected chi connectivity index (χ4v) is 5.23. The molecule has 1 fully saturated rings. The molecule has 1 heterocycles. The van der Waals surface area contributed by atoms with Crippen molar-refractivity contribution < 1.29 is 17.9 Å². The Kier molecular flexibility index (Phi) is 6.97. The minimum atomic E-state index is -3.61. The summed E-state index contributed by atoms with van der Waals surface area (Å²) in [6.45, 7) is 2.54. The maximum Gasteiger partial charge on any atom is 0.243 e. The predicted molar refractivity (Wildman–Crippen MR) is 115 cm³/mol. The summed E-state index contributed by atoms with van der Waals surface area (Å²) in [5.41, 5.74) is 0.967. The molecule has 8 heteroatoms. The van der Waals surface area contributed by atoms with Gasteiger partial charge in [-0.15, -0.1) is 0 Å². The number of halogens is 1. The molecule has 0 spiro atoms. The van der Waals surface area contributed by atoms with E-state index in [1.165, 1.54) is 4.31 Å². The molecule has 1 amide bonds. The summed E-state index contributed by atoms with van der Waals surface area (Å²) >= 11 is 3.32. The van der Waals surface area contributed by atoms with Crippen molar-refractivity contribution in [3.8, 4) is 5.75 Å². The van der Waals surface area contributed by atoms with E-state index >= 15 is 0 Å². The van der Waals surface area contributed by atoms with Crippen LogP contribution in [0.2, 0.25) is 0 Å². The lowest BCUT2D eigenvalue weighted by Crippen LogP contribution is -2.45. The smallest absolute Gasteiger partial charge is 0.243 e. The topological polar surface area (TPSA) is 75.7 Å². The lowest BCUT2D eigenvalue weighted by atomic mass is 9.98. The van der Waals surface area contributed by atoms with Crippen LogP contribution in [0.1, 0.15) is 31.4 Å². The van der Waals surface area contributed by atoms with Crippen molar-refractivity contribution in [3.05, 3.63) is 58.6 Å². The number of methoxy groups -OCH3 is 1. The molecule has 0 saturated carbocycles. The lowest BCUT2D eigenvalue weighted by molar-refractivity contribution is -0.126. The van der Waals surface area contributed by atoms with Crippen LogP contribution < -0.4 is 10.1 Å². The summed E-state index contributed by atoms with van der Waals surface area (Å²) in [6.07, 6.45) is 1.33. The number of rotatable bonds is 6. The molecule has 2 atom stereocenters. The molecule has 0 aliphatic carbocycles. The van der Waals surface area contributed by atoms with Gasteiger partial charge >= 0.3 is 0 Å². The quantitative estimate of drug-likeness (QED) is 0.682. The maximum absolute atomic E-state index is 12.9. The maximum atomic E-state index is 12.9. The first-order valence-corrected chi connectivity index (χ1v) is 11.7. The van der Waals surface area contributed by atoms with Gasteiger partial charge in [0, 0.05) is 17.6 Å². The number of hydrogen-bond acceptors (Lipinski definition) is 4. The zero-order valence-corrected chi connectivity index (χ0v) is 18.9. The minimum Gasteiger partial charge on any atom is -0.497 e. The Morgan fingerprint density at radius 2 is 1.83 bits per heavy atom. The molecule has 2 aromatic rings. The second-order valence-corrected chi connectivity index (χ2v) is 10.0. The molecular weight excluding hydrogens is 456 g/mol. The van der Waals surface area contributed by atoms with Gasteiger partial charge in [-0.1, -0.05) is 28.1 Å². The van der Waals surface area contributed by atoms with Gasteiger partial charge in [-0.2, -0.15) is 4.31 Å². The van der Waals surface area contributed by atoms with Crippen molar-refractivity contribution in [1.82, 2.24) is 9.62 Å². The first-order chi connectivity index (χ1) is 13.8. The van der Waals surface area contributed by atoms with E-state index in [4.69, 9.17) is 4.74 Å². The number of sulfonamides is 1. The molecule has 1 aliphatic rings. The van der Waals surface area contributed by atoms with Crippen LogP contribution >= 0.6 is 15.9 Å². The molecule has 3 rings (SSSR count). The van der Waals surface area contributed by atoms with Crippen LogP contribution in [0.3, 0.4) is 0 Å². The fraction of sp³-hybridized carbons (Fsp3) is 0.381. The van der Waals surface area contributed by atoms with E-state index in [2.05, 4.69) is 21.2 Å². The van der Waals surface area contributed by atoms with Crippen LogP contribution in [0.4, 0.5) is 0 Å². The number of nitrogens with one attached hydrogen (secondary N) is 1. The van der Waals surface area contributed by atoms with Gasteiger partial charge in [-0.3, -0.25) is 4.79 Å². The number of hydrogen-bond donors (Lipinski definition) is 1. The highest BCUT2D eigenvalue weighted by molar-refractivity contribution is 9.10. The Hall–Kier alpha value is -1.90. The molecule has 0 aromatic heterocycles.